The van der Waals surface area contributed by atoms with Crippen LogP contribution in [0.5, 0.6) is 0 Å². The van der Waals surface area contributed by atoms with Crippen LogP contribution in [0.4, 0.5) is 0 Å². The summed E-state index contributed by atoms with van der Waals surface area (Å²) in [6.45, 7) is 8.76. The van der Waals surface area contributed by atoms with Gasteiger partial charge in [0.1, 0.15) is 0 Å². The fraction of sp³-hybridized carbons (Fsp3) is 0.650. The summed E-state index contributed by atoms with van der Waals surface area (Å²) < 4.78 is 0. The number of carbonyl (C=O) groups is 1. The zero-order chi connectivity index (χ0) is 18.2. The highest BCUT2D eigenvalue weighted by molar-refractivity contribution is 5.78. The van der Waals surface area contributed by atoms with Gasteiger partial charge in [-0.05, 0) is 63.9 Å². The van der Waals surface area contributed by atoms with E-state index in [1.807, 2.05) is 26.1 Å². The van der Waals surface area contributed by atoms with Crippen LogP contribution in [0.15, 0.2) is 24.3 Å². The second-order valence-electron chi connectivity index (χ2n) is 7.49. The van der Waals surface area contributed by atoms with Crippen molar-refractivity contribution in [3.05, 3.63) is 35.4 Å². The van der Waals surface area contributed by atoms with Crippen molar-refractivity contribution in [3.8, 4) is 0 Å². The predicted molar refractivity (Wildman–Crippen MR) is 101 cm³/mol. The summed E-state index contributed by atoms with van der Waals surface area (Å²) in [4.78, 5) is 16.6. The molecule has 0 saturated carbocycles. The highest BCUT2D eigenvalue weighted by Gasteiger charge is 2.21. The van der Waals surface area contributed by atoms with Gasteiger partial charge in [0.05, 0.1) is 12.6 Å². The predicted octanol–water partition coefficient (Wildman–Crippen LogP) is 1.64. The van der Waals surface area contributed by atoms with Gasteiger partial charge in [-0.1, -0.05) is 24.3 Å². The van der Waals surface area contributed by atoms with E-state index in [1.54, 1.807) is 0 Å². The molecule has 0 spiro atoms. The summed E-state index contributed by atoms with van der Waals surface area (Å²) >= 11 is 0. The molecular formula is C20H33N3O2. The van der Waals surface area contributed by atoms with E-state index in [0.29, 0.717) is 19.0 Å². The maximum Gasteiger partial charge on any atom is 0.234 e. The third-order valence-corrected chi connectivity index (χ3v) is 4.95. The Bertz CT molecular complexity index is 539. The second kappa shape index (κ2) is 9.90. The van der Waals surface area contributed by atoms with Gasteiger partial charge in [-0.25, -0.2) is 0 Å². The Hall–Kier alpha value is -1.43. The maximum absolute atomic E-state index is 12.2. The Morgan fingerprint density at radius 2 is 2.04 bits per heavy atom. The topological polar surface area (TPSA) is 55.8 Å². The first kappa shape index (κ1) is 19.9. The molecule has 0 bridgehead atoms. The minimum atomic E-state index is -0.254. The molecule has 1 fully saturated rings. The molecule has 5 heteroatoms. The molecule has 1 atom stereocenters. The molecular weight excluding hydrogens is 314 g/mol. The van der Waals surface area contributed by atoms with Crippen LogP contribution >= 0.6 is 0 Å². The molecule has 0 radical (unpaired) electrons. The molecule has 140 valence electrons. The summed E-state index contributed by atoms with van der Waals surface area (Å²) in [6, 6.07) is 8.14. The lowest BCUT2D eigenvalue weighted by molar-refractivity contribution is -0.122. The summed E-state index contributed by atoms with van der Waals surface area (Å²) in [5.41, 5.74) is 2.38. The van der Waals surface area contributed by atoms with Crippen LogP contribution in [0.2, 0.25) is 0 Å². The van der Waals surface area contributed by atoms with Gasteiger partial charge in [-0.3, -0.25) is 9.69 Å². The Balaban J connectivity index is 1.65. The molecule has 25 heavy (non-hydrogen) atoms. The summed E-state index contributed by atoms with van der Waals surface area (Å²) in [6.07, 6.45) is 2.03. The van der Waals surface area contributed by atoms with E-state index in [0.717, 1.165) is 39.0 Å². The molecule has 1 heterocycles. The number of aliphatic hydroxyl groups excluding tert-OH is 1. The van der Waals surface area contributed by atoms with Crippen LogP contribution in [0.25, 0.3) is 0 Å². The van der Waals surface area contributed by atoms with Crippen LogP contribution in [0.3, 0.4) is 0 Å². The van der Waals surface area contributed by atoms with Gasteiger partial charge in [0.15, 0.2) is 0 Å². The number of benzene rings is 1. The van der Waals surface area contributed by atoms with Gasteiger partial charge in [-0.2, -0.15) is 0 Å². The molecule has 1 aromatic rings. The Morgan fingerprint density at radius 3 is 2.68 bits per heavy atom. The number of piperidine rings is 1. The van der Waals surface area contributed by atoms with Crippen LogP contribution in [0, 0.1) is 12.8 Å². The lowest BCUT2D eigenvalue weighted by atomic mass is 9.96. The van der Waals surface area contributed by atoms with E-state index in [4.69, 9.17) is 0 Å². The first-order chi connectivity index (χ1) is 11.9. The van der Waals surface area contributed by atoms with E-state index in [9.17, 15) is 9.90 Å². The van der Waals surface area contributed by atoms with Crippen LogP contribution in [-0.2, 0) is 11.3 Å². The van der Waals surface area contributed by atoms with Gasteiger partial charge in [0, 0.05) is 19.6 Å². The van der Waals surface area contributed by atoms with Gasteiger partial charge in [0.2, 0.25) is 5.91 Å². The summed E-state index contributed by atoms with van der Waals surface area (Å²) in [5.74, 6) is 0.719. The quantitative estimate of drug-likeness (QED) is 0.751. The number of amides is 1. The van der Waals surface area contributed by atoms with Crippen LogP contribution < -0.4 is 5.32 Å². The number of aryl methyl sites for hydroxylation is 1. The fourth-order valence-electron chi connectivity index (χ4n) is 3.53. The molecule has 1 aliphatic rings. The minimum absolute atomic E-state index is 0.0808. The second-order valence-corrected chi connectivity index (χ2v) is 7.49. The van der Waals surface area contributed by atoms with Crippen molar-refractivity contribution in [2.45, 2.75) is 39.3 Å². The average Bonchev–Trinajstić information content (AvgIpc) is 2.55. The molecule has 1 aromatic carbocycles. The smallest absolute Gasteiger partial charge is 0.234 e. The average molecular weight is 348 g/mol. The summed E-state index contributed by atoms with van der Waals surface area (Å²) in [7, 11) is 2.02. The molecule has 0 aromatic heterocycles. The van der Waals surface area contributed by atoms with E-state index >= 15 is 0 Å². The molecule has 1 amide bonds. The highest BCUT2D eigenvalue weighted by Crippen LogP contribution is 2.18. The fourth-order valence-corrected chi connectivity index (χ4v) is 3.53. The van der Waals surface area contributed by atoms with Crippen molar-refractivity contribution in [1.29, 1.82) is 0 Å². The third-order valence-electron chi connectivity index (χ3n) is 4.95. The van der Waals surface area contributed by atoms with Crippen LogP contribution in [0.1, 0.15) is 30.9 Å². The Morgan fingerprint density at radius 1 is 1.36 bits per heavy atom. The number of likely N-dealkylation sites (N-methyl/N-ethyl adjacent to an activating group) is 1. The van der Waals surface area contributed by atoms with Crippen molar-refractivity contribution in [2.75, 3.05) is 39.8 Å². The number of carbonyl (C=O) groups excluding carboxylic acids is 1. The Kier molecular flexibility index (Phi) is 7.88. The van der Waals surface area contributed by atoms with Crippen molar-refractivity contribution in [2.24, 2.45) is 5.92 Å². The van der Waals surface area contributed by atoms with Crippen molar-refractivity contribution in [3.63, 3.8) is 0 Å². The lowest BCUT2D eigenvalue weighted by Crippen LogP contribution is -2.42. The van der Waals surface area contributed by atoms with E-state index < -0.39 is 0 Å². The SMILES string of the molecule is Cc1ccccc1CNC(=O)CN(C)CC1CCN(C[C@@H](C)O)CC1. The lowest BCUT2D eigenvalue weighted by Gasteiger charge is -2.34. The zero-order valence-corrected chi connectivity index (χ0v) is 15.9. The highest BCUT2D eigenvalue weighted by atomic mass is 16.3. The number of hydrogen-bond acceptors (Lipinski definition) is 4. The number of hydrogen-bond donors (Lipinski definition) is 2. The maximum atomic E-state index is 12.2. The standard InChI is InChI=1S/C20H33N3O2/c1-16-6-4-5-7-19(16)12-21-20(25)15-22(3)14-18-8-10-23(11-9-18)13-17(2)24/h4-7,17-18,24H,8-15H2,1-3H3,(H,21,25)/t17-/m1/s1. The third kappa shape index (κ3) is 7.14. The molecule has 2 N–H and O–H groups in total. The van der Waals surface area contributed by atoms with E-state index in [1.165, 1.54) is 11.1 Å². The minimum Gasteiger partial charge on any atom is -0.392 e. The van der Waals surface area contributed by atoms with E-state index in [-0.39, 0.29) is 12.0 Å². The molecule has 5 nitrogen and oxygen atoms in total. The first-order valence-electron chi connectivity index (χ1n) is 9.34. The molecule has 0 unspecified atom stereocenters. The number of likely N-dealkylation sites (tertiary alicyclic amines) is 1. The van der Waals surface area contributed by atoms with E-state index in [2.05, 4.69) is 34.2 Å². The number of nitrogens with one attached hydrogen (secondary N) is 1. The number of β-amino-alcohol motifs (C(OH)–C–C–N with tert-alkyl or cyclic N) is 1. The van der Waals surface area contributed by atoms with Gasteiger partial charge >= 0.3 is 0 Å². The Labute approximate surface area is 152 Å². The number of aliphatic hydroxyl groups is 1. The van der Waals surface area contributed by atoms with Gasteiger partial charge in [-0.15, -0.1) is 0 Å². The van der Waals surface area contributed by atoms with Crippen molar-refractivity contribution >= 4 is 5.91 Å². The number of rotatable bonds is 8. The monoisotopic (exact) mass is 347 g/mol. The van der Waals surface area contributed by atoms with Crippen molar-refractivity contribution in [1.82, 2.24) is 15.1 Å². The molecule has 1 saturated heterocycles. The number of nitrogens with zero attached hydrogens (tertiary/aromatic N) is 2. The van der Waals surface area contributed by atoms with Gasteiger partial charge < -0.3 is 15.3 Å². The summed E-state index contributed by atoms with van der Waals surface area (Å²) in [5, 5.41) is 12.5. The molecule has 0 aliphatic carbocycles. The first-order valence-corrected chi connectivity index (χ1v) is 9.34. The zero-order valence-electron chi connectivity index (χ0n) is 15.9. The van der Waals surface area contributed by atoms with Crippen molar-refractivity contribution < 1.29 is 9.90 Å². The van der Waals surface area contributed by atoms with Gasteiger partial charge in [0.25, 0.3) is 0 Å². The normalized spacial score (nSPS) is 17.6. The molecule has 1 aliphatic heterocycles. The largest absolute Gasteiger partial charge is 0.392 e. The molecule has 2 rings (SSSR count). The van der Waals surface area contributed by atoms with Crippen LogP contribution in [-0.4, -0.2) is 66.7 Å².